The Labute approximate surface area is 103 Å². The number of hydrogen-bond acceptors (Lipinski definition) is 2. The smallest absolute Gasteiger partial charge is 0.310 e. The summed E-state index contributed by atoms with van der Waals surface area (Å²) < 4.78 is 0. The molecule has 0 fully saturated rings. The first-order valence-corrected chi connectivity index (χ1v) is 5.87. The minimum atomic E-state index is -0.776. The summed E-state index contributed by atoms with van der Waals surface area (Å²) in [5.41, 5.74) is 1.70. The molecule has 0 aliphatic rings. The van der Waals surface area contributed by atoms with E-state index in [0.29, 0.717) is 6.54 Å². The standard InChI is InChI=1S/C14H21NO2/c1-10-7-5-6-8-12(10)11(2)15-9-14(3,4)13(16)17/h5-8,11,15H,9H2,1-4H3,(H,16,17)/t11-/m0/s1. The Morgan fingerprint density at radius 3 is 2.53 bits per heavy atom. The van der Waals surface area contributed by atoms with Gasteiger partial charge in [0, 0.05) is 12.6 Å². The molecule has 0 saturated heterocycles. The summed E-state index contributed by atoms with van der Waals surface area (Å²) in [6, 6.07) is 8.31. The predicted molar refractivity (Wildman–Crippen MR) is 69.0 cm³/mol. The molecule has 0 aromatic heterocycles. The van der Waals surface area contributed by atoms with Crippen molar-refractivity contribution in [2.24, 2.45) is 5.41 Å². The number of aryl methyl sites for hydroxylation is 1. The molecule has 94 valence electrons. The number of hydrogen-bond donors (Lipinski definition) is 2. The van der Waals surface area contributed by atoms with Crippen LogP contribution in [0.2, 0.25) is 0 Å². The molecule has 0 saturated carbocycles. The van der Waals surface area contributed by atoms with Gasteiger partial charge in [-0.25, -0.2) is 0 Å². The highest BCUT2D eigenvalue weighted by atomic mass is 16.4. The van der Waals surface area contributed by atoms with Gasteiger partial charge in [0.25, 0.3) is 0 Å². The van der Waals surface area contributed by atoms with Crippen LogP contribution in [0.1, 0.15) is 37.9 Å². The Kier molecular flexibility index (Phi) is 4.29. The average Bonchev–Trinajstić information content (AvgIpc) is 2.26. The van der Waals surface area contributed by atoms with E-state index in [-0.39, 0.29) is 6.04 Å². The van der Waals surface area contributed by atoms with Gasteiger partial charge in [0.2, 0.25) is 0 Å². The molecule has 1 rings (SSSR count). The second-order valence-electron chi connectivity index (χ2n) is 5.15. The number of aliphatic carboxylic acids is 1. The van der Waals surface area contributed by atoms with Crippen LogP contribution in [0, 0.1) is 12.3 Å². The summed E-state index contributed by atoms with van der Waals surface area (Å²) in [5.74, 6) is -0.776. The van der Waals surface area contributed by atoms with E-state index in [2.05, 4.69) is 31.3 Å². The molecule has 17 heavy (non-hydrogen) atoms. The van der Waals surface area contributed by atoms with Crippen LogP contribution in [0.25, 0.3) is 0 Å². The lowest BCUT2D eigenvalue weighted by atomic mass is 9.93. The molecule has 1 atom stereocenters. The Balaban J connectivity index is 2.65. The summed E-state index contributed by atoms with van der Waals surface area (Å²) in [6.07, 6.45) is 0. The highest BCUT2D eigenvalue weighted by Crippen LogP contribution is 2.19. The Morgan fingerprint density at radius 2 is 2.00 bits per heavy atom. The van der Waals surface area contributed by atoms with Crippen molar-refractivity contribution in [1.29, 1.82) is 0 Å². The lowest BCUT2D eigenvalue weighted by Gasteiger charge is -2.24. The maximum absolute atomic E-state index is 11.0. The van der Waals surface area contributed by atoms with Crippen molar-refractivity contribution in [3.05, 3.63) is 35.4 Å². The molecular weight excluding hydrogens is 214 g/mol. The van der Waals surface area contributed by atoms with Crippen LogP contribution in [0.3, 0.4) is 0 Å². The Bertz CT molecular complexity index is 399. The minimum absolute atomic E-state index is 0.162. The van der Waals surface area contributed by atoms with E-state index >= 15 is 0 Å². The largest absolute Gasteiger partial charge is 0.481 e. The second-order valence-corrected chi connectivity index (χ2v) is 5.15. The summed E-state index contributed by atoms with van der Waals surface area (Å²) in [5, 5.41) is 12.3. The molecule has 0 bridgehead atoms. The van der Waals surface area contributed by atoms with E-state index in [4.69, 9.17) is 5.11 Å². The number of nitrogens with one attached hydrogen (secondary N) is 1. The fraction of sp³-hybridized carbons (Fsp3) is 0.500. The van der Waals surface area contributed by atoms with Gasteiger partial charge in [-0.1, -0.05) is 24.3 Å². The van der Waals surface area contributed by atoms with Crippen LogP contribution in [0.4, 0.5) is 0 Å². The van der Waals surface area contributed by atoms with E-state index in [1.54, 1.807) is 13.8 Å². The molecule has 1 aromatic carbocycles. The molecule has 2 N–H and O–H groups in total. The monoisotopic (exact) mass is 235 g/mol. The third-order valence-corrected chi connectivity index (χ3v) is 3.08. The van der Waals surface area contributed by atoms with E-state index < -0.39 is 11.4 Å². The molecule has 0 spiro atoms. The minimum Gasteiger partial charge on any atom is -0.481 e. The van der Waals surface area contributed by atoms with Crippen LogP contribution in [0.5, 0.6) is 0 Å². The molecule has 0 unspecified atom stereocenters. The highest BCUT2D eigenvalue weighted by molar-refractivity contribution is 5.73. The lowest BCUT2D eigenvalue weighted by Crippen LogP contribution is -2.37. The van der Waals surface area contributed by atoms with Crippen molar-refractivity contribution in [3.8, 4) is 0 Å². The van der Waals surface area contributed by atoms with E-state index in [0.717, 1.165) is 0 Å². The first kappa shape index (κ1) is 13.7. The Hall–Kier alpha value is -1.35. The normalized spacial score (nSPS) is 13.4. The van der Waals surface area contributed by atoms with Gasteiger partial charge >= 0.3 is 5.97 Å². The van der Waals surface area contributed by atoms with Crippen molar-refractivity contribution < 1.29 is 9.90 Å². The third-order valence-electron chi connectivity index (χ3n) is 3.08. The van der Waals surface area contributed by atoms with Crippen LogP contribution in [0.15, 0.2) is 24.3 Å². The zero-order chi connectivity index (χ0) is 13.1. The summed E-state index contributed by atoms with van der Waals surface area (Å²) in [4.78, 5) is 11.0. The number of carbonyl (C=O) groups is 1. The number of carboxylic acid groups (broad SMARTS) is 1. The van der Waals surface area contributed by atoms with E-state index in [1.807, 2.05) is 12.1 Å². The number of benzene rings is 1. The van der Waals surface area contributed by atoms with Gasteiger partial charge in [0.1, 0.15) is 0 Å². The summed E-state index contributed by atoms with van der Waals surface area (Å²) in [6.45, 7) is 8.04. The lowest BCUT2D eigenvalue weighted by molar-refractivity contribution is -0.146. The van der Waals surface area contributed by atoms with Gasteiger partial charge in [-0.3, -0.25) is 4.79 Å². The van der Waals surface area contributed by atoms with Crippen molar-refractivity contribution in [2.75, 3.05) is 6.54 Å². The zero-order valence-corrected chi connectivity index (χ0v) is 10.9. The van der Waals surface area contributed by atoms with Crippen LogP contribution in [-0.2, 0) is 4.79 Å². The number of rotatable bonds is 5. The van der Waals surface area contributed by atoms with Crippen molar-refractivity contribution in [1.82, 2.24) is 5.32 Å². The molecule has 1 aromatic rings. The quantitative estimate of drug-likeness (QED) is 0.825. The van der Waals surface area contributed by atoms with Gasteiger partial charge in [-0.2, -0.15) is 0 Å². The molecule has 3 heteroatoms. The molecule has 0 aliphatic heterocycles. The maximum atomic E-state index is 11.0. The molecular formula is C14H21NO2. The first-order chi connectivity index (χ1) is 7.84. The fourth-order valence-corrected chi connectivity index (χ4v) is 1.67. The van der Waals surface area contributed by atoms with Crippen LogP contribution in [-0.4, -0.2) is 17.6 Å². The second kappa shape index (κ2) is 5.32. The van der Waals surface area contributed by atoms with Crippen molar-refractivity contribution >= 4 is 5.97 Å². The fourth-order valence-electron chi connectivity index (χ4n) is 1.67. The Morgan fingerprint density at radius 1 is 1.41 bits per heavy atom. The first-order valence-electron chi connectivity index (χ1n) is 5.87. The van der Waals surface area contributed by atoms with Crippen LogP contribution < -0.4 is 5.32 Å². The van der Waals surface area contributed by atoms with Crippen LogP contribution >= 0.6 is 0 Å². The maximum Gasteiger partial charge on any atom is 0.310 e. The molecule has 3 nitrogen and oxygen atoms in total. The van der Waals surface area contributed by atoms with Gasteiger partial charge in [0.05, 0.1) is 5.41 Å². The molecule has 0 heterocycles. The highest BCUT2D eigenvalue weighted by Gasteiger charge is 2.27. The average molecular weight is 235 g/mol. The molecule has 0 amide bonds. The van der Waals surface area contributed by atoms with E-state index in [9.17, 15) is 4.79 Å². The van der Waals surface area contributed by atoms with Gasteiger partial charge in [-0.15, -0.1) is 0 Å². The van der Waals surface area contributed by atoms with E-state index in [1.165, 1.54) is 11.1 Å². The van der Waals surface area contributed by atoms with Crippen molar-refractivity contribution in [2.45, 2.75) is 33.7 Å². The van der Waals surface area contributed by atoms with Gasteiger partial charge in [-0.05, 0) is 38.8 Å². The summed E-state index contributed by atoms with van der Waals surface area (Å²) in [7, 11) is 0. The zero-order valence-electron chi connectivity index (χ0n) is 10.9. The third kappa shape index (κ3) is 3.56. The number of carboxylic acids is 1. The van der Waals surface area contributed by atoms with Crippen molar-refractivity contribution in [3.63, 3.8) is 0 Å². The summed E-state index contributed by atoms with van der Waals surface area (Å²) >= 11 is 0. The topological polar surface area (TPSA) is 49.3 Å². The predicted octanol–water partition coefficient (Wildman–Crippen LogP) is 2.76. The molecule has 0 aliphatic carbocycles. The van der Waals surface area contributed by atoms with Gasteiger partial charge < -0.3 is 10.4 Å². The van der Waals surface area contributed by atoms with Gasteiger partial charge in [0.15, 0.2) is 0 Å². The SMILES string of the molecule is Cc1ccccc1[C@H](C)NCC(C)(C)C(=O)O. The molecule has 0 radical (unpaired) electrons.